The van der Waals surface area contributed by atoms with Crippen molar-refractivity contribution in [1.82, 2.24) is 9.88 Å². The molecule has 0 aliphatic heterocycles. The first-order valence-corrected chi connectivity index (χ1v) is 8.90. The Balaban J connectivity index is 1.78. The molecule has 0 aliphatic rings. The summed E-state index contributed by atoms with van der Waals surface area (Å²) in [6, 6.07) is 8.74. The highest BCUT2D eigenvalue weighted by atomic mass is 32.1. The number of hydrogen-bond donors (Lipinski definition) is 1. The van der Waals surface area contributed by atoms with Crippen molar-refractivity contribution < 1.29 is 18.0 Å². The van der Waals surface area contributed by atoms with Crippen LogP contribution in [0.15, 0.2) is 53.9 Å². The molecule has 26 heavy (non-hydrogen) atoms. The number of halogens is 3. The number of nitrogens with one attached hydrogen (secondary N) is 1. The topological polar surface area (TPSA) is 34.0 Å². The van der Waals surface area contributed by atoms with Gasteiger partial charge in [-0.2, -0.15) is 13.2 Å². The van der Waals surface area contributed by atoms with E-state index in [1.54, 1.807) is 17.4 Å². The maximum absolute atomic E-state index is 12.8. The number of rotatable bonds is 5. The van der Waals surface area contributed by atoms with Crippen LogP contribution < -0.4 is 5.32 Å². The monoisotopic (exact) mass is 378 g/mol. The SMILES string of the molecule is C/C=C/Cn1c(C(=O)NCc2cccc(C(F)(F)F)c2)cc2sccc21. The Labute approximate surface area is 152 Å². The normalized spacial score (nSPS) is 12.2. The molecular weight excluding hydrogens is 361 g/mol. The molecule has 0 unspecified atom stereocenters. The van der Waals surface area contributed by atoms with Crippen molar-refractivity contribution in [3.63, 3.8) is 0 Å². The lowest BCUT2D eigenvalue weighted by Gasteiger charge is -2.11. The molecule has 1 aromatic carbocycles. The number of nitrogens with zero attached hydrogens (tertiary/aromatic N) is 1. The number of amides is 1. The van der Waals surface area contributed by atoms with Crippen LogP contribution in [0.5, 0.6) is 0 Å². The molecule has 3 aromatic rings. The van der Waals surface area contributed by atoms with Gasteiger partial charge in [-0.05, 0) is 42.1 Å². The summed E-state index contributed by atoms with van der Waals surface area (Å²) in [5.74, 6) is -0.310. The first-order chi connectivity index (χ1) is 12.4. The number of carbonyl (C=O) groups is 1. The summed E-state index contributed by atoms with van der Waals surface area (Å²) in [6.07, 6.45) is -0.547. The highest BCUT2D eigenvalue weighted by Crippen LogP contribution is 2.29. The van der Waals surface area contributed by atoms with Crippen molar-refractivity contribution in [1.29, 1.82) is 0 Å². The Bertz CT molecular complexity index is 953. The number of thiophene rings is 1. The van der Waals surface area contributed by atoms with Crippen LogP contribution in [0.3, 0.4) is 0 Å². The highest BCUT2D eigenvalue weighted by Gasteiger charge is 2.30. The number of hydrogen-bond acceptors (Lipinski definition) is 2. The predicted molar refractivity (Wildman–Crippen MR) is 97.2 cm³/mol. The summed E-state index contributed by atoms with van der Waals surface area (Å²) in [5, 5.41) is 4.67. The number of allylic oxidation sites excluding steroid dienone is 2. The highest BCUT2D eigenvalue weighted by molar-refractivity contribution is 7.17. The predicted octanol–water partition coefficient (Wildman–Crippen LogP) is 5.23. The van der Waals surface area contributed by atoms with E-state index in [9.17, 15) is 18.0 Å². The van der Waals surface area contributed by atoms with Crippen molar-refractivity contribution in [2.24, 2.45) is 0 Å². The lowest BCUT2D eigenvalue weighted by Crippen LogP contribution is -2.25. The van der Waals surface area contributed by atoms with E-state index < -0.39 is 11.7 Å². The first-order valence-electron chi connectivity index (χ1n) is 8.02. The number of carbonyl (C=O) groups excluding carboxylic acids is 1. The van der Waals surface area contributed by atoms with Gasteiger partial charge in [0.25, 0.3) is 5.91 Å². The molecule has 0 spiro atoms. The zero-order valence-corrected chi connectivity index (χ0v) is 14.8. The molecule has 0 radical (unpaired) electrons. The molecule has 0 fully saturated rings. The van der Waals surface area contributed by atoms with Crippen molar-refractivity contribution in [3.05, 3.63) is 70.8 Å². The molecule has 0 bridgehead atoms. The molecule has 136 valence electrons. The lowest BCUT2D eigenvalue weighted by molar-refractivity contribution is -0.137. The number of benzene rings is 1. The zero-order chi connectivity index (χ0) is 18.7. The van der Waals surface area contributed by atoms with Gasteiger partial charge in [0, 0.05) is 13.1 Å². The average Bonchev–Trinajstić information content (AvgIpc) is 3.19. The van der Waals surface area contributed by atoms with E-state index >= 15 is 0 Å². The quantitative estimate of drug-likeness (QED) is 0.606. The largest absolute Gasteiger partial charge is 0.416 e. The summed E-state index contributed by atoms with van der Waals surface area (Å²) < 4.78 is 41.3. The van der Waals surface area contributed by atoms with Gasteiger partial charge in [-0.15, -0.1) is 11.3 Å². The standard InChI is InChI=1S/C19H17F3N2OS/c1-2-3-8-24-15-7-9-26-17(15)11-16(24)18(25)23-12-13-5-4-6-14(10-13)19(20,21)22/h2-7,9-11H,8,12H2,1H3,(H,23,25)/b3-2+. The van der Waals surface area contributed by atoms with Gasteiger partial charge >= 0.3 is 6.18 Å². The van der Waals surface area contributed by atoms with E-state index in [4.69, 9.17) is 0 Å². The summed E-state index contributed by atoms with van der Waals surface area (Å²) in [7, 11) is 0. The van der Waals surface area contributed by atoms with Gasteiger partial charge in [0.2, 0.25) is 0 Å². The Hall–Kier alpha value is -2.54. The molecular formula is C19H17F3N2OS. The third-order valence-electron chi connectivity index (χ3n) is 3.99. The molecule has 0 aliphatic carbocycles. The average molecular weight is 378 g/mol. The van der Waals surface area contributed by atoms with Crippen LogP contribution in [0.25, 0.3) is 10.2 Å². The minimum absolute atomic E-state index is 0.0329. The summed E-state index contributed by atoms with van der Waals surface area (Å²) in [4.78, 5) is 12.6. The van der Waals surface area contributed by atoms with E-state index in [0.29, 0.717) is 17.8 Å². The van der Waals surface area contributed by atoms with E-state index in [1.807, 2.05) is 41.2 Å². The van der Waals surface area contributed by atoms with Crippen molar-refractivity contribution in [2.75, 3.05) is 0 Å². The molecule has 1 amide bonds. The minimum Gasteiger partial charge on any atom is -0.347 e. The molecule has 3 rings (SSSR count). The molecule has 0 atom stereocenters. The Morgan fingerprint density at radius 2 is 2.08 bits per heavy atom. The second-order valence-corrected chi connectivity index (χ2v) is 6.71. The van der Waals surface area contributed by atoms with Crippen LogP contribution in [-0.2, 0) is 19.3 Å². The molecule has 2 heterocycles. The van der Waals surface area contributed by atoms with Crippen LogP contribution in [0.1, 0.15) is 28.5 Å². The second-order valence-electron chi connectivity index (χ2n) is 5.76. The van der Waals surface area contributed by atoms with Crippen molar-refractivity contribution in [3.8, 4) is 0 Å². The van der Waals surface area contributed by atoms with Gasteiger partial charge in [-0.1, -0.05) is 24.3 Å². The third kappa shape index (κ3) is 3.83. The number of alkyl halides is 3. The maximum Gasteiger partial charge on any atom is 0.416 e. The van der Waals surface area contributed by atoms with Crippen LogP contribution in [-0.4, -0.2) is 10.5 Å². The summed E-state index contributed by atoms with van der Waals surface area (Å²) >= 11 is 1.54. The molecule has 2 aromatic heterocycles. The zero-order valence-electron chi connectivity index (χ0n) is 14.0. The van der Waals surface area contributed by atoms with Gasteiger partial charge in [0.1, 0.15) is 5.69 Å². The molecule has 0 saturated carbocycles. The molecule has 7 heteroatoms. The number of aromatic nitrogens is 1. The second kappa shape index (κ2) is 7.37. The lowest BCUT2D eigenvalue weighted by atomic mass is 10.1. The maximum atomic E-state index is 12.8. The van der Waals surface area contributed by atoms with Crippen LogP contribution in [0.2, 0.25) is 0 Å². The van der Waals surface area contributed by atoms with E-state index in [0.717, 1.165) is 22.3 Å². The van der Waals surface area contributed by atoms with Crippen molar-refractivity contribution >= 4 is 27.5 Å². The first kappa shape index (κ1) is 18.3. The summed E-state index contributed by atoms with van der Waals surface area (Å²) in [5.41, 5.74) is 1.15. The fraction of sp³-hybridized carbons (Fsp3) is 0.211. The Morgan fingerprint density at radius 3 is 2.81 bits per heavy atom. The van der Waals surface area contributed by atoms with Gasteiger partial charge in [0.15, 0.2) is 0 Å². The molecule has 0 saturated heterocycles. The van der Waals surface area contributed by atoms with E-state index in [2.05, 4.69) is 5.32 Å². The molecule has 1 N–H and O–H groups in total. The minimum atomic E-state index is -4.40. The Morgan fingerprint density at radius 1 is 1.27 bits per heavy atom. The fourth-order valence-electron chi connectivity index (χ4n) is 2.70. The van der Waals surface area contributed by atoms with Gasteiger partial charge in [0.05, 0.1) is 15.8 Å². The molecule has 3 nitrogen and oxygen atoms in total. The fourth-order valence-corrected chi connectivity index (χ4v) is 3.53. The van der Waals surface area contributed by atoms with Gasteiger partial charge < -0.3 is 9.88 Å². The van der Waals surface area contributed by atoms with Crippen LogP contribution in [0, 0.1) is 0 Å². The number of fused-ring (bicyclic) bond motifs is 1. The summed E-state index contributed by atoms with van der Waals surface area (Å²) in [6.45, 7) is 2.50. The van der Waals surface area contributed by atoms with Gasteiger partial charge in [-0.3, -0.25) is 4.79 Å². The van der Waals surface area contributed by atoms with Crippen molar-refractivity contribution in [2.45, 2.75) is 26.2 Å². The Kier molecular flexibility index (Phi) is 5.18. The van der Waals surface area contributed by atoms with Crippen LogP contribution >= 0.6 is 11.3 Å². The third-order valence-corrected chi connectivity index (χ3v) is 4.84. The van der Waals surface area contributed by atoms with E-state index in [1.165, 1.54) is 6.07 Å². The van der Waals surface area contributed by atoms with Gasteiger partial charge in [-0.25, -0.2) is 0 Å². The van der Waals surface area contributed by atoms with Crippen LogP contribution in [0.4, 0.5) is 13.2 Å². The smallest absolute Gasteiger partial charge is 0.347 e. The van der Waals surface area contributed by atoms with E-state index in [-0.39, 0.29) is 12.5 Å².